The summed E-state index contributed by atoms with van der Waals surface area (Å²) in [6.45, 7) is 0. The third kappa shape index (κ3) is 3.19. The molecule has 0 saturated heterocycles. The monoisotopic (exact) mass is 268 g/mol. The van der Waals surface area contributed by atoms with Crippen LogP contribution in [0.25, 0.3) is 0 Å². The number of halogens is 5. The standard InChI is InChI=1S/C9H5F5N2O2/c10-7(11)5-3-16-8(17)6(4(5)1-2-15)18-9(12,13)14/h3,7H,1H2,(H,16,17). The Kier molecular flexibility index (Phi) is 3.90. The Bertz CT molecular complexity index is 529. The number of alkyl halides is 5. The van der Waals surface area contributed by atoms with Crippen LogP contribution >= 0.6 is 0 Å². The quantitative estimate of drug-likeness (QED) is 0.855. The van der Waals surface area contributed by atoms with Crippen LogP contribution in [0, 0.1) is 11.3 Å². The first kappa shape index (κ1) is 14.0. The molecular weight excluding hydrogens is 263 g/mol. The van der Waals surface area contributed by atoms with Gasteiger partial charge in [0.25, 0.3) is 12.0 Å². The lowest BCUT2D eigenvalue weighted by atomic mass is 10.1. The summed E-state index contributed by atoms with van der Waals surface area (Å²) in [5.74, 6) is -1.33. The predicted octanol–water partition coefficient (Wildman–Crippen LogP) is 2.28. The van der Waals surface area contributed by atoms with Gasteiger partial charge in [-0.3, -0.25) is 4.79 Å². The van der Waals surface area contributed by atoms with Gasteiger partial charge >= 0.3 is 6.36 Å². The molecule has 0 bridgehead atoms. The molecule has 1 N–H and O–H groups in total. The first-order chi connectivity index (χ1) is 8.26. The van der Waals surface area contributed by atoms with Crippen LogP contribution < -0.4 is 10.3 Å². The number of pyridine rings is 1. The molecule has 4 nitrogen and oxygen atoms in total. The molecule has 1 aromatic rings. The van der Waals surface area contributed by atoms with Gasteiger partial charge in [-0.2, -0.15) is 5.26 Å². The summed E-state index contributed by atoms with van der Waals surface area (Å²) < 4.78 is 64.5. The first-order valence-corrected chi connectivity index (χ1v) is 4.41. The second-order valence-corrected chi connectivity index (χ2v) is 3.06. The Morgan fingerprint density at radius 3 is 2.50 bits per heavy atom. The molecule has 1 aromatic heterocycles. The van der Waals surface area contributed by atoms with Crippen molar-refractivity contribution in [3.05, 3.63) is 27.7 Å². The maximum Gasteiger partial charge on any atom is 0.573 e. The summed E-state index contributed by atoms with van der Waals surface area (Å²) >= 11 is 0. The second-order valence-electron chi connectivity index (χ2n) is 3.06. The topological polar surface area (TPSA) is 65.9 Å². The summed E-state index contributed by atoms with van der Waals surface area (Å²) in [6.07, 6.45) is -8.59. The number of hydrogen-bond acceptors (Lipinski definition) is 3. The van der Waals surface area contributed by atoms with Crippen molar-refractivity contribution in [1.82, 2.24) is 4.98 Å². The van der Waals surface area contributed by atoms with Gasteiger partial charge in [0.05, 0.1) is 12.5 Å². The highest BCUT2D eigenvalue weighted by atomic mass is 19.4. The highest BCUT2D eigenvalue weighted by molar-refractivity contribution is 5.39. The summed E-state index contributed by atoms with van der Waals surface area (Å²) in [6, 6.07) is 1.40. The van der Waals surface area contributed by atoms with E-state index in [-0.39, 0.29) is 0 Å². The van der Waals surface area contributed by atoms with Crippen LogP contribution in [0.2, 0.25) is 0 Å². The fourth-order valence-electron chi connectivity index (χ4n) is 1.24. The van der Waals surface area contributed by atoms with Crippen molar-refractivity contribution in [2.45, 2.75) is 19.2 Å². The van der Waals surface area contributed by atoms with Crippen LogP contribution in [-0.2, 0) is 6.42 Å². The molecule has 0 spiro atoms. The Morgan fingerprint density at radius 1 is 1.44 bits per heavy atom. The van der Waals surface area contributed by atoms with Gasteiger partial charge in [-0.15, -0.1) is 13.2 Å². The van der Waals surface area contributed by atoms with Gasteiger partial charge in [0, 0.05) is 17.3 Å². The lowest BCUT2D eigenvalue weighted by Gasteiger charge is -2.13. The van der Waals surface area contributed by atoms with E-state index in [1.54, 1.807) is 4.98 Å². The van der Waals surface area contributed by atoms with E-state index in [9.17, 15) is 26.7 Å². The Morgan fingerprint density at radius 2 is 2.06 bits per heavy atom. The van der Waals surface area contributed by atoms with Gasteiger partial charge in [-0.05, 0) is 0 Å². The molecule has 1 rings (SSSR count). The molecule has 18 heavy (non-hydrogen) atoms. The average Bonchev–Trinajstić information content (AvgIpc) is 2.21. The number of nitrogens with zero attached hydrogens (tertiary/aromatic N) is 1. The SMILES string of the molecule is N#CCc1c(C(F)F)c[nH]c(=O)c1OC(F)(F)F. The number of hydrogen-bond donors (Lipinski definition) is 1. The molecule has 0 atom stereocenters. The minimum atomic E-state index is -5.21. The molecular formula is C9H5F5N2O2. The van der Waals surface area contributed by atoms with Gasteiger partial charge < -0.3 is 9.72 Å². The molecule has 0 amide bonds. The number of aromatic nitrogens is 1. The number of H-pyrrole nitrogens is 1. The van der Waals surface area contributed by atoms with Crippen LogP contribution in [0.15, 0.2) is 11.0 Å². The molecule has 0 radical (unpaired) electrons. The molecule has 0 aliphatic rings. The number of aromatic amines is 1. The number of ether oxygens (including phenoxy) is 1. The molecule has 9 heteroatoms. The van der Waals surface area contributed by atoms with Gasteiger partial charge in [0.1, 0.15) is 0 Å². The number of nitrogens with one attached hydrogen (secondary N) is 1. The highest BCUT2D eigenvalue weighted by Gasteiger charge is 2.34. The maximum absolute atomic E-state index is 12.5. The molecule has 0 saturated carbocycles. The van der Waals surface area contributed by atoms with Crippen LogP contribution in [0.4, 0.5) is 22.0 Å². The third-order valence-electron chi connectivity index (χ3n) is 1.90. The zero-order chi connectivity index (χ0) is 13.9. The van der Waals surface area contributed by atoms with Crippen molar-refractivity contribution in [2.24, 2.45) is 0 Å². The number of rotatable bonds is 3. The molecule has 0 aliphatic heterocycles. The van der Waals surface area contributed by atoms with Crippen molar-refractivity contribution in [2.75, 3.05) is 0 Å². The molecule has 0 aliphatic carbocycles. The van der Waals surface area contributed by atoms with Crippen molar-refractivity contribution in [1.29, 1.82) is 5.26 Å². The minimum absolute atomic E-state index is 0.558. The fourth-order valence-corrected chi connectivity index (χ4v) is 1.24. The molecule has 1 heterocycles. The Labute approximate surface area is 96.6 Å². The van der Waals surface area contributed by atoms with Gasteiger partial charge in [0.2, 0.25) is 0 Å². The van der Waals surface area contributed by atoms with Gasteiger partial charge in [-0.25, -0.2) is 8.78 Å². The smallest absolute Gasteiger partial charge is 0.400 e. The lowest BCUT2D eigenvalue weighted by Crippen LogP contribution is -2.25. The zero-order valence-corrected chi connectivity index (χ0v) is 8.52. The predicted molar refractivity (Wildman–Crippen MR) is 48.0 cm³/mol. The van der Waals surface area contributed by atoms with Crippen molar-refractivity contribution >= 4 is 0 Å². The van der Waals surface area contributed by atoms with E-state index in [0.717, 1.165) is 0 Å². The zero-order valence-electron chi connectivity index (χ0n) is 8.52. The molecule has 0 aromatic carbocycles. The molecule has 0 unspecified atom stereocenters. The maximum atomic E-state index is 12.5. The van der Waals surface area contributed by atoms with E-state index in [2.05, 4.69) is 4.74 Å². The van der Waals surface area contributed by atoms with E-state index < -0.39 is 41.6 Å². The van der Waals surface area contributed by atoms with Gasteiger partial charge in [-0.1, -0.05) is 0 Å². The molecule has 98 valence electrons. The summed E-state index contributed by atoms with van der Waals surface area (Å²) in [5, 5.41) is 8.40. The largest absolute Gasteiger partial charge is 0.573 e. The lowest BCUT2D eigenvalue weighted by molar-refractivity contribution is -0.275. The van der Waals surface area contributed by atoms with E-state index >= 15 is 0 Å². The Balaban J connectivity index is 3.42. The van der Waals surface area contributed by atoms with Crippen LogP contribution in [0.1, 0.15) is 17.6 Å². The normalized spacial score (nSPS) is 11.4. The van der Waals surface area contributed by atoms with E-state index in [0.29, 0.717) is 6.20 Å². The van der Waals surface area contributed by atoms with E-state index in [1.807, 2.05) is 0 Å². The van der Waals surface area contributed by atoms with Crippen molar-refractivity contribution < 1.29 is 26.7 Å². The second kappa shape index (κ2) is 5.03. The Hall–Kier alpha value is -2.11. The van der Waals surface area contributed by atoms with Gasteiger partial charge in [0.15, 0.2) is 5.75 Å². The summed E-state index contributed by atoms with van der Waals surface area (Å²) in [7, 11) is 0. The summed E-state index contributed by atoms with van der Waals surface area (Å²) in [4.78, 5) is 12.8. The van der Waals surface area contributed by atoms with E-state index in [4.69, 9.17) is 5.26 Å². The van der Waals surface area contributed by atoms with E-state index in [1.165, 1.54) is 6.07 Å². The van der Waals surface area contributed by atoms with Crippen LogP contribution in [0.5, 0.6) is 5.75 Å². The number of nitriles is 1. The van der Waals surface area contributed by atoms with Crippen LogP contribution in [-0.4, -0.2) is 11.3 Å². The fraction of sp³-hybridized carbons (Fsp3) is 0.333. The van der Waals surface area contributed by atoms with Crippen LogP contribution in [0.3, 0.4) is 0 Å². The van der Waals surface area contributed by atoms with Crippen molar-refractivity contribution in [3.63, 3.8) is 0 Å². The van der Waals surface area contributed by atoms with Crippen molar-refractivity contribution in [3.8, 4) is 11.8 Å². The first-order valence-electron chi connectivity index (χ1n) is 4.41. The molecule has 0 fully saturated rings. The third-order valence-corrected chi connectivity index (χ3v) is 1.90. The summed E-state index contributed by atoms with van der Waals surface area (Å²) in [5.41, 5.74) is -2.98. The highest BCUT2D eigenvalue weighted by Crippen LogP contribution is 2.30. The minimum Gasteiger partial charge on any atom is -0.400 e. The average molecular weight is 268 g/mol.